The maximum atomic E-state index is 13.1. The van der Waals surface area contributed by atoms with Crippen molar-refractivity contribution < 1.29 is 64.5 Å². The van der Waals surface area contributed by atoms with Crippen molar-refractivity contribution in [2.45, 2.75) is 156 Å². The molecule has 6 heterocycles. The number of hydrogen-bond acceptors (Lipinski definition) is 10. The minimum Gasteiger partial charge on any atom is -0.445 e. The van der Waals surface area contributed by atoms with E-state index in [4.69, 9.17) is 29.1 Å². The Bertz CT molecular complexity index is 2770. The molecule has 4 aromatic rings. The largest absolute Gasteiger partial charge is 0.445 e. The number of piperidine rings is 1. The molecule has 16 nitrogen and oxygen atoms in total. The summed E-state index contributed by atoms with van der Waals surface area (Å²) in [5, 5.41) is 9.51. The second-order valence-electron chi connectivity index (χ2n) is 21.7. The summed E-state index contributed by atoms with van der Waals surface area (Å²) in [7, 11) is 0. The highest BCUT2D eigenvalue weighted by molar-refractivity contribution is 5.72. The van der Waals surface area contributed by atoms with Gasteiger partial charge >= 0.3 is 36.7 Å². The number of likely N-dealkylation sites (tertiary alicyclic amines) is 1. The zero-order valence-electron chi connectivity index (χ0n) is 44.4. The number of aromatic nitrogens is 4. The van der Waals surface area contributed by atoms with Crippen LogP contribution in [0.25, 0.3) is 5.57 Å². The van der Waals surface area contributed by atoms with Crippen LogP contribution in [0, 0.1) is 13.8 Å². The molecule has 8 rings (SSSR count). The van der Waals surface area contributed by atoms with E-state index >= 15 is 0 Å². The molecule has 4 aliphatic rings. The summed E-state index contributed by atoms with van der Waals surface area (Å²) in [6, 6.07) is 11.3. The fourth-order valence-corrected chi connectivity index (χ4v) is 9.38. The summed E-state index contributed by atoms with van der Waals surface area (Å²) in [5.41, 5.74) is 3.39. The van der Waals surface area contributed by atoms with E-state index in [1.807, 2.05) is 69.1 Å². The highest BCUT2D eigenvalue weighted by Gasteiger charge is 2.34. The zero-order valence-corrected chi connectivity index (χ0v) is 44.4. The van der Waals surface area contributed by atoms with Gasteiger partial charge in [0.2, 0.25) is 0 Å². The molecule has 4 amide bonds. The highest BCUT2D eigenvalue weighted by Crippen LogP contribution is 2.34. The molecule has 1 fully saturated rings. The number of benzene rings is 2. The van der Waals surface area contributed by atoms with Crippen molar-refractivity contribution in [3.05, 3.63) is 111 Å². The van der Waals surface area contributed by atoms with Crippen LogP contribution < -0.4 is 0 Å². The van der Waals surface area contributed by atoms with Gasteiger partial charge < -0.3 is 38.5 Å². The van der Waals surface area contributed by atoms with E-state index in [1.54, 1.807) is 45.6 Å². The summed E-state index contributed by atoms with van der Waals surface area (Å²) in [5.74, 6) is 0.206. The molecular formula is C54H68F6N8O8. The van der Waals surface area contributed by atoms with Crippen molar-refractivity contribution >= 4 is 29.9 Å². The Hall–Kier alpha value is -6.74. The predicted octanol–water partition coefficient (Wildman–Crippen LogP) is 11.6. The lowest BCUT2D eigenvalue weighted by Gasteiger charge is -2.32. The lowest BCUT2D eigenvalue weighted by molar-refractivity contribution is -0.138. The van der Waals surface area contributed by atoms with Crippen LogP contribution in [0.2, 0.25) is 0 Å². The van der Waals surface area contributed by atoms with E-state index in [0.717, 1.165) is 65.5 Å². The number of rotatable bonds is 6. The van der Waals surface area contributed by atoms with Gasteiger partial charge in [0.1, 0.15) is 24.4 Å². The third-order valence-corrected chi connectivity index (χ3v) is 13.0. The molecule has 414 valence electrons. The quantitative estimate of drug-likeness (QED) is 0.135. The third-order valence-electron chi connectivity index (χ3n) is 13.0. The number of hydrogen-bond donors (Lipinski definition) is 0. The van der Waals surface area contributed by atoms with Gasteiger partial charge in [0.05, 0.1) is 47.0 Å². The normalized spacial score (nSPS) is 16.8. The van der Waals surface area contributed by atoms with Gasteiger partial charge in [-0.15, -0.1) is 0 Å². The van der Waals surface area contributed by atoms with Crippen LogP contribution in [0.15, 0.2) is 54.6 Å². The fraction of sp³-hybridized carbons (Fsp3) is 0.556. The smallest absolute Gasteiger partial charge is 0.416 e. The van der Waals surface area contributed by atoms with Crippen LogP contribution in [-0.4, -0.2) is 114 Å². The number of carbonyl (C=O) groups excluding carboxylic acids is 4. The second kappa shape index (κ2) is 23.2. The maximum Gasteiger partial charge on any atom is 0.416 e. The first-order valence-electron chi connectivity index (χ1n) is 25.5. The Morgan fingerprint density at radius 3 is 1.49 bits per heavy atom. The first-order valence-corrected chi connectivity index (χ1v) is 25.5. The van der Waals surface area contributed by atoms with Crippen molar-refractivity contribution in [1.29, 1.82) is 0 Å². The van der Waals surface area contributed by atoms with Gasteiger partial charge in [-0.3, -0.25) is 9.36 Å². The highest BCUT2D eigenvalue weighted by atomic mass is 19.4. The van der Waals surface area contributed by atoms with Crippen molar-refractivity contribution in [1.82, 2.24) is 39.2 Å². The number of halogens is 6. The number of fused-ring (bicyclic) bond motifs is 2. The molecule has 0 atom stereocenters. The van der Waals surface area contributed by atoms with E-state index in [9.17, 15) is 45.5 Å². The molecule has 2 aromatic carbocycles. The SMILES string of the molecule is Cc1cc(COC(=O)N2CCCn3nc(C4=CCN(C(=O)OC(C)(C)C)CC4)cc3C2)cc(C(F)(F)F)c1.Cc1cc(COC(=O)N2CCCn3nc(C4CCN(C(=O)OC(C)(C)C)CC4)cc3C2)cc(C(F)(F)F)c1. The van der Waals surface area contributed by atoms with Gasteiger partial charge in [-0.05, 0) is 141 Å². The Labute approximate surface area is 438 Å². The Balaban J connectivity index is 0.000000221. The molecule has 0 unspecified atom stereocenters. The van der Waals surface area contributed by atoms with Crippen LogP contribution in [0.5, 0.6) is 0 Å². The van der Waals surface area contributed by atoms with Crippen molar-refractivity contribution in [2.75, 3.05) is 39.3 Å². The van der Waals surface area contributed by atoms with E-state index < -0.39 is 46.9 Å². The van der Waals surface area contributed by atoms with Crippen molar-refractivity contribution in [3.8, 4) is 0 Å². The van der Waals surface area contributed by atoms with Crippen molar-refractivity contribution in [2.24, 2.45) is 0 Å². The first-order chi connectivity index (χ1) is 35.6. The summed E-state index contributed by atoms with van der Waals surface area (Å²) in [4.78, 5) is 56.8. The summed E-state index contributed by atoms with van der Waals surface area (Å²) in [6.07, 6.45) is -5.21. The minimum absolute atomic E-state index is 0.206. The van der Waals surface area contributed by atoms with Gasteiger partial charge in [-0.1, -0.05) is 29.3 Å². The van der Waals surface area contributed by atoms with Crippen LogP contribution in [-0.2, 0) is 70.7 Å². The Morgan fingerprint density at radius 1 is 0.553 bits per heavy atom. The van der Waals surface area contributed by atoms with Crippen LogP contribution in [0.1, 0.15) is 136 Å². The lowest BCUT2D eigenvalue weighted by Crippen LogP contribution is -2.41. The van der Waals surface area contributed by atoms with Gasteiger partial charge in [0.15, 0.2) is 0 Å². The molecule has 0 radical (unpaired) electrons. The third kappa shape index (κ3) is 15.7. The zero-order chi connectivity index (χ0) is 55.3. The van der Waals surface area contributed by atoms with Crippen molar-refractivity contribution in [3.63, 3.8) is 0 Å². The molecule has 0 aliphatic carbocycles. The molecule has 0 bridgehead atoms. The Morgan fingerprint density at radius 2 is 1.03 bits per heavy atom. The van der Waals surface area contributed by atoms with Crippen LogP contribution >= 0.6 is 0 Å². The average molecular weight is 1070 g/mol. The van der Waals surface area contributed by atoms with Gasteiger partial charge in [0.25, 0.3) is 0 Å². The predicted molar refractivity (Wildman–Crippen MR) is 267 cm³/mol. The standard InChI is InChI=1S/C27H35F3N4O4.C27H33F3N4O4/c2*1-18-12-19(14-21(13-18)27(28,29)30)17-37-24(35)33-8-5-9-34-22(16-33)15-23(31-34)20-6-10-32(11-7-20)25(36)38-26(2,3)4/h12-15,20H,5-11,16-17H2,1-4H3;6,12-15H,5,7-11,16-17H2,1-4H3. The molecular weight excluding hydrogens is 1000 g/mol. The fourth-order valence-electron chi connectivity index (χ4n) is 9.38. The van der Waals surface area contributed by atoms with E-state index in [-0.39, 0.29) is 43.4 Å². The van der Waals surface area contributed by atoms with E-state index in [1.165, 1.54) is 0 Å². The number of aryl methyl sites for hydroxylation is 4. The molecule has 0 N–H and O–H groups in total. The van der Waals surface area contributed by atoms with Gasteiger partial charge in [-0.25, -0.2) is 19.2 Å². The molecule has 0 spiro atoms. The first kappa shape index (κ1) is 57.0. The molecule has 4 aliphatic heterocycles. The minimum atomic E-state index is -4.46. The number of alkyl halides is 6. The molecule has 76 heavy (non-hydrogen) atoms. The number of amides is 4. The van der Waals surface area contributed by atoms with E-state index in [0.29, 0.717) is 94.9 Å². The molecule has 2 aromatic heterocycles. The molecule has 22 heteroatoms. The monoisotopic (exact) mass is 1070 g/mol. The van der Waals surface area contributed by atoms with Crippen LogP contribution in [0.3, 0.4) is 0 Å². The summed E-state index contributed by atoms with van der Waals surface area (Å²) >= 11 is 0. The van der Waals surface area contributed by atoms with E-state index in [2.05, 4.69) is 0 Å². The molecule has 1 saturated heterocycles. The number of ether oxygens (including phenoxy) is 4. The second-order valence-corrected chi connectivity index (χ2v) is 21.7. The number of carbonyl (C=O) groups is 4. The van der Waals surface area contributed by atoms with Crippen LogP contribution in [0.4, 0.5) is 45.5 Å². The number of nitrogens with zero attached hydrogens (tertiary/aromatic N) is 8. The van der Waals surface area contributed by atoms with Gasteiger partial charge in [-0.2, -0.15) is 36.5 Å². The summed E-state index contributed by atoms with van der Waals surface area (Å²) in [6.45, 7) is 18.7. The maximum absolute atomic E-state index is 13.1. The summed E-state index contributed by atoms with van der Waals surface area (Å²) < 4.78 is 104. The topological polar surface area (TPSA) is 154 Å². The molecule has 0 saturated carbocycles. The average Bonchev–Trinajstić information content (AvgIpc) is 3.79. The lowest BCUT2D eigenvalue weighted by atomic mass is 9.93. The Kier molecular flexibility index (Phi) is 17.4. The van der Waals surface area contributed by atoms with Gasteiger partial charge in [0, 0.05) is 58.3 Å².